The molecule has 2 aromatic rings. The number of nitrogens with zero attached hydrogens (tertiary/aromatic N) is 1. The summed E-state index contributed by atoms with van der Waals surface area (Å²) in [6.07, 6.45) is -0.524. The SMILES string of the molecule is CCO[C@@H]1[C@@H](C(=O)c2ccccc2)[C@H](C#N)c2ccccc2[C@@H]1Cl. The van der Waals surface area contributed by atoms with Crippen molar-refractivity contribution in [2.75, 3.05) is 6.61 Å². The number of rotatable bonds is 4. The van der Waals surface area contributed by atoms with E-state index in [1.165, 1.54) is 0 Å². The highest BCUT2D eigenvalue weighted by atomic mass is 35.5. The maximum Gasteiger partial charge on any atom is 0.170 e. The number of hydrogen-bond acceptors (Lipinski definition) is 3. The predicted molar refractivity (Wildman–Crippen MR) is 93.1 cm³/mol. The van der Waals surface area contributed by atoms with Gasteiger partial charge in [0.05, 0.1) is 29.4 Å². The van der Waals surface area contributed by atoms with Crippen LogP contribution in [0.1, 0.15) is 39.7 Å². The van der Waals surface area contributed by atoms with Crippen molar-refractivity contribution in [1.29, 1.82) is 5.26 Å². The number of carbonyl (C=O) groups is 1. The molecule has 0 amide bonds. The minimum Gasteiger partial charge on any atom is -0.376 e. The van der Waals surface area contributed by atoms with E-state index in [2.05, 4.69) is 6.07 Å². The van der Waals surface area contributed by atoms with Gasteiger partial charge in [-0.25, -0.2) is 0 Å². The molecule has 0 aromatic heterocycles. The molecule has 0 saturated heterocycles. The summed E-state index contributed by atoms with van der Waals surface area (Å²) >= 11 is 6.65. The summed E-state index contributed by atoms with van der Waals surface area (Å²) in [6, 6.07) is 18.9. The van der Waals surface area contributed by atoms with E-state index in [-0.39, 0.29) is 5.78 Å². The van der Waals surface area contributed by atoms with Crippen LogP contribution in [0, 0.1) is 17.2 Å². The Bertz CT molecular complexity index is 769. The Labute approximate surface area is 146 Å². The Hall–Kier alpha value is -2.15. The number of Topliss-reactive ketones (excluding diaryl/α,β-unsaturated/α-hetero) is 1. The summed E-state index contributed by atoms with van der Waals surface area (Å²) in [5.41, 5.74) is 2.28. The fourth-order valence-corrected chi connectivity index (χ4v) is 3.84. The van der Waals surface area contributed by atoms with Gasteiger partial charge in [-0.05, 0) is 18.1 Å². The molecule has 4 atom stereocenters. The number of nitriles is 1. The molecular weight excluding hydrogens is 322 g/mol. The molecule has 0 unspecified atom stereocenters. The zero-order valence-electron chi connectivity index (χ0n) is 13.4. The first kappa shape index (κ1) is 16.7. The van der Waals surface area contributed by atoms with Crippen LogP contribution in [-0.4, -0.2) is 18.5 Å². The van der Waals surface area contributed by atoms with Gasteiger partial charge < -0.3 is 4.74 Å². The van der Waals surface area contributed by atoms with Crippen LogP contribution in [0.4, 0.5) is 0 Å². The molecule has 24 heavy (non-hydrogen) atoms. The lowest BCUT2D eigenvalue weighted by molar-refractivity contribution is 0.0101. The molecule has 0 aliphatic heterocycles. The molecule has 0 radical (unpaired) electrons. The van der Waals surface area contributed by atoms with Crippen LogP contribution in [-0.2, 0) is 4.74 Å². The fourth-order valence-electron chi connectivity index (χ4n) is 3.41. The molecule has 3 rings (SSSR count). The Balaban J connectivity index is 2.11. The minimum absolute atomic E-state index is 0.0965. The summed E-state index contributed by atoms with van der Waals surface area (Å²) < 4.78 is 5.84. The second-order valence-electron chi connectivity index (χ2n) is 5.81. The number of fused-ring (bicyclic) bond motifs is 1. The average molecular weight is 340 g/mol. The molecule has 0 fully saturated rings. The topological polar surface area (TPSA) is 50.1 Å². The van der Waals surface area contributed by atoms with E-state index in [1.807, 2.05) is 49.4 Å². The number of halogens is 1. The molecule has 0 N–H and O–H groups in total. The molecular formula is C20H18ClNO2. The number of carbonyl (C=O) groups excluding carboxylic acids is 1. The largest absolute Gasteiger partial charge is 0.376 e. The third-order valence-electron chi connectivity index (χ3n) is 4.49. The van der Waals surface area contributed by atoms with Crippen molar-refractivity contribution in [3.8, 4) is 6.07 Å². The van der Waals surface area contributed by atoms with Crippen LogP contribution in [0.5, 0.6) is 0 Å². The first-order valence-corrected chi connectivity index (χ1v) is 8.46. The normalized spacial score (nSPS) is 25.5. The maximum absolute atomic E-state index is 13.1. The van der Waals surface area contributed by atoms with Gasteiger partial charge in [-0.1, -0.05) is 54.6 Å². The Kier molecular flexibility index (Phi) is 4.99. The quantitative estimate of drug-likeness (QED) is 0.609. The van der Waals surface area contributed by atoms with Gasteiger partial charge in [0, 0.05) is 12.2 Å². The van der Waals surface area contributed by atoms with Crippen molar-refractivity contribution in [2.45, 2.75) is 24.3 Å². The molecule has 0 spiro atoms. The van der Waals surface area contributed by atoms with Crippen molar-refractivity contribution >= 4 is 17.4 Å². The predicted octanol–water partition coefficient (Wildman–Crippen LogP) is 4.49. The van der Waals surface area contributed by atoms with Crippen molar-refractivity contribution in [2.24, 2.45) is 5.92 Å². The molecule has 0 bridgehead atoms. The number of hydrogen-bond donors (Lipinski definition) is 0. The number of ether oxygens (including phenoxy) is 1. The Morgan fingerprint density at radius 3 is 2.38 bits per heavy atom. The zero-order valence-corrected chi connectivity index (χ0v) is 14.1. The van der Waals surface area contributed by atoms with Gasteiger partial charge in [-0.15, -0.1) is 11.6 Å². The van der Waals surface area contributed by atoms with Crippen molar-refractivity contribution < 1.29 is 9.53 Å². The summed E-state index contributed by atoms with van der Waals surface area (Å²) in [6.45, 7) is 2.31. The van der Waals surface area contributed by atoms with Crippen molar-refractivity contribution in [3.05, 3.63) is 71.3 Å². The smallest absolute Gasteiger partial charge is 0.170 e. The lowest BCUT2D eigenvalue weighted by atomic mass is 9.70. The zero-order chi connectivity index (χ0) is 17.1. The van der Waals surface area contributed by atoms with Crippen LogP contribution >= 0.6 is 11.6 Å². The van der Waals surface area contributed by atoms with E-state index in [9.17, 15) is 10.1 Å². The minimum atomic E-state index is -0.616. The van der Waals surface area contributed by atoms with E-state index in [4.69, 9.17) is 16.3 Å². The molecule has 1 aliphatic carbocycles. The summed E-state index contributed by atoms with van der Waals surface area (Å²) in [4.78, 5) is 13.1. The molecule has 4 heteroatoms. The van der Waals surface area contributed by atoms with E-state index in [0.29, 0.717) is 12.2 Å². The molecule has 0 heterocycles. The van der Waals surface area contributed by atoms with E-state index in [0.717, 1.165) is 11.1 Å². The number of ketones is 1. The number of benzene rings is 2. The van der Waals surface area contributed by atoms with Gasteiger partial charge >= 0.3 is 0 Å². The van der Waals surface area contributed by atoms with Gasteiger partial charge in [0.2, 0.25) is 0 Å². The fraction of sp³-hybridized carbons (Fsp3) is 0.300. The van der Waals surface area contributed by atoms with Crippen LogP contribution in [0.25, 0.3) is 0 Å². The highest BCUT2D eigenvalue weighted by Gasteiger charge is 2.46. The highest BCUT2D eigenvalue weighted by Crippen LogP contribution is 2.46. The van der Waals surface area contributed by atoms with E-state index in [1.54, 1.807) is 12.1 Å². The molecule has 3 nitrogen and oxygen atoms in total. The van der Waals surface area contributed by atoms with E-state index < -0.39 is 23.3 Å². The van der Waals surface area contributed by atoms with Crippen LogP contribution in [0.2, 0.25) is 0 Å². The first-order chi connectivity index (χ1) is 11.7. The molecule has 0 saturated carbocycles. The third kappa shape index (κ3) is 2.84. The molecule has 1 aliphatic rings. The summed E-state index contributed by atoms with van der Waals surface area (Å²) in [7, 11) is 0. The van der Waals surface area contributed by atoms with Crippen LogP contribution in [0.3, 0.4) is 0 Å². The molecule has 2 aromatic carbocycles. The van der Waals surface area contributed by atoms with Gasteiger partial charge in [-0.2, -0.15) is 5.26 Å². The van der Waals surface area contributed by atoms with Gasteiger partial charge in [0.15, 0.2) is 5.78 Å². The van der Waals surface area contributed by atoms with Gasteiger partial charge in [-0.3, -0.25) is 4.79 Å². The lowest BCUT2D eigenvalue weighted by Crippen LogP contribution is -2.42. The lowest BCUT2D eigenvalue weighted by Gasteiger charge is -2.38. The number of alkyl halides is 1. The second kappa shape index (κ2) is 7.17. The second-order valence-corrected chi connectivity index (χ2v) is 6.28. The van der Waals surface area contributed by atoms with Crippen molar-refractivity contribution in [3.63, 3.8) is 0 Å². The average Bonchev–Trinajstić information content (AvgIpc) is 2.64. The monoisotopic (exact) mass is 339 g/mol. The van der Waals surface area contributed by atoms with E-state index >= 15 is 0 Å². The maximum atomic E-state index is 13.1. The van der Waals surface area contributed by atoms with Crippen molar-refractivity contribution in [1.82, 2.24) is 0 Å². The Morgan fingerprint density at radius 2 is 1.75 bits per heavy atom. The Morgan fingerprint density at radius 1 is 1.12 bits per heavy atom. The van der Waals surface area contributed by atoms with Crippen LogP contribution < -0.4 is 0 Å². The summed E-state index contributed by atoms with van der Waals surface area (Å²) in [5, 5.41) is 9.32. The highest BCUT2D eigenvalue weighted by molar-refractivity contribution is 6.22. The van der Waals surface area contributed by atoms with Gasteiger partial charge in [0.25, 0.3) is 0 Å². The van der Waals surface area contributed by atoms with Gasteiger partial charge in [0.1, 0.15) is 0 Å². The first-order valence-electron chi connectivity index (χ1n) is 8.02. The van der Waals surface area contributed by atoms with Crippen LogP contribution in [0.15, 0.2) is 54.6 Å². The summed E-state index contributed by atoms with van der Waals surface area (Å²) in [5.74, 6) is -1.28. The standard InChI is InChI=1S/C20H18ClNO2/c1-2-24-20-17(19(23)13-8-4-3-5-9-13)16(12-22)14-10-6-7-11-15(14)18(20)21/h3-11,16-18,20H,2H2,1H3/t16-,17-,18+,20-/m1/s1. The third-order valence-corrected chi connectivity index (χ3v) is 4.97. The molecule has 122 valence electrons.